The van der Waals surface area contributed by atoms with Crippen molar-refractivity contribution >= 4 is 22.8 Å². The van der Waals surface area contributed by atoms with E-state index in [-0.39, 0.29) is 5.82 Å². The quantitative estimate of drug-likeness (QED) is 0.307. The Morgan fingerprint density at radius 3 is 2.66 bits per heavy atom. The number of hydrogen-bond donors (Lipinski definition) is 0. The lowest BCUT2D eigenvalue weighted by molar-refractivity contribution is 0.426. The standard InChI is InChI=1S/C21H14FN5OS/c22-15-6-8-17(9-7-15)27-20-18(11-25-27)21(24-13-23-20)29-12-16-10-19(28-26-16)14-4-2-1-3-5-14/h1-11,13H,12H2. The van der Waals surface area contributed by atoms with E-state index in [0.29, 0.717) is 11.4 Å². The zero-order chi connectivity index (χ0) is 19.6. The summed E-state index contributed by atoms with van der Waals surface area (Å²) in [5, 5.41) is 10.2. The van der Waals surface area contributed by atoms with E-state index in [0.717, 1.165) is 33.1 Å². The van der Waals surface area contributed by atoms with Crippen LogP contribution in [-0.4, -0.2) is 24.9 Å². The zero-order valence-electron chi connectivity index (χ0n) is 15.1. The Morgan fingerprint density at radius 2 is 1.83 bits per heavy atom. The topological polar surface area (TPSA) is 69.6 Å². The van der Waals surface area contributed by atoms with Gasteiger partial charge in [0.2, 0.25) is 0 Å². The zero-order valence-corrected chi connectivity index (χ0v) is 15.9. The second-order valence-electron chi connectivity index (χ2n) is 6.29. The van der Waals surface area contributed by atoms with Crippen LogP contribution >= 0.6 is 11.8 Å². The summed E-state index contributed by atoms with van der Waals surface area (Å²) >= 11 is 1.54. The molecule has 0 amide bonds. The fourth-order valence-electron chi connectivity index (χ4n) is 2.97. The molecule has 0 fully saturated rings. The third-order valence-corrected chi connectivity index (χ3v) is 5.41. The number of thioether (sulfide) groups is 1. The van der Waals surface area contributed by atoms with Crippen LogP contribution in [-0.2, 0) is 5.75 Å². The number of rotatable bonds is 5. The van der Waals surface area contributed by atoms with Gasteiger partial charge in [0.25, 0.3) is 0 Å². The van der Waals surface area contributed by atoms with Crippen molar-refractivity contribution in [3.05, 3.63) is 84.7 Å². The van der Waals surface area contributed by atoms with Gasteiger partial charge in [0.05, 0.1) is 23.0 Å². The Morgan fingerprint density at radius 1 is 1.00 bits per heavy atom. The molecule has 3 aromatic heterocycles. The summed E-state index contributed by atoms with van der Waals surface area (Å²) < 4.78 is 20.3. The minimum Gasteiger partial charge on any atom is -0.356 e. The van der Waals surface area contributed by atoms with Crippen molar-refractivity contribution in [2.45, 2.75) is 10.8 Å². The number of benzene rings is 2. The van der Waals surface area contributed by atoms with Gasteiger partial charge in [-0.3, -0.25) is 0 Å². The SMILES string of the molecule is Fc1ccc(-n2ncc3c(SCc4cc(-c5ccccc5)on4)ncnc32)cc1. The Labute approximate surface area is 169 Å². The summed E-state index contributed by atoms with van der Waals surface area (Å²) in [6, 6.07) is 17.9. The molecule has 0 aliphatic carbocycles. The van der Waals surface area contributed by atoms with Crippen LogP contribution in [0.1, 0.15) is 5.69 Å². The van der Waals surface area contributed by atoms with Gasteiger partial charge in [-0.15, -0.1) is 0 Å². The van der Waals surface area contributed by atoms with Crippen LogP contribution in [0.15, 0.2) is 82.7 Å². The summed E-state index contributed by atoms with van der Waals surface area (Å²) in [6.07, 6.45) is 3.23. The highest BCUT2D eigenvalue weighted by atomic mass is 32.2. The van der Waals surface area contributed by atoms with E-state index in [4.69, 9.17) is 4.52 Å². The highest BCUT2D eigenvalue weighted by Gasteiger charge is 2.13. The molecule has 0 saturated carbocycles. The van der Waals surface area contributed by atoms with E-state index in [2.05, 4.69) is 20.2 Å². The molecule has 5 rings (SSSR count). The summed E-state index contributed by atoms with van der Waals surface area (Å²) in [6.45, 7) is 0. The molecule has 6 nitrogen and oxygen atoms in total. The molecule has 0 saturated heterocycles. The number of nitrogens with zero attached hydrogens (tertiary/aromatic N) is 5. The highest BCUT2D eigenvalue weighted by Crippen LogP contribution is 2.29. The summed E-state index contributed by atoms with van der Waals surface area (Å²) in [7, 11) is 0. The average molecular weight is 403 g/mol. The highest BCUT2D eigenvalue weighted by molar-refractivity contribution is 7.98. The maximum absolute atomic E-state index is 13.2. The van der Waals surface area contributed by atoms with Gasteiger partial charge < -0.3 is 4.52 Å². The van der Waals surface area contributed by atoms with Crippen molar-refractivity contribution in [1.29, 1.82) is 0 Å². The van der Waals surface area contributed by atoms with Gasteiger partial charge >= 0.3 is 0 Å². The molecule has 0 atom stereocenters. The first-order valence-electron chi connectivity index (χ1n) is 8.86. The van der Waals surface area contributed by atoms with Crippen molar-refractivity contribution < 1.29 is 8.91 Å². The Bertz CT molecular complexity index is 1270. The molecule has 0 unspecified atom stereocenters. The molecule has 2 aromatic carbocycles. The number of halogens is 1. The summed E-state index contributed by atoms with van der Waals surface area (Å²) in [5.74, 6) is 1.04. The lowest BCUT2D eigenvalue weighted by Crippen LogP contribution is -1.98. The van der Waals surface area contributed by atoms with E-state index < -0.39 is 0 Å². The molecule has 29 heavy (non-hydrogen) atoms. The molecule has 142 valence electrons. The molecule has 3 heterocycles. The third kappa shape index (κ3) is 3.50. The van der Waals surface area contributed by atoms with Crippen molar-refractivity contribution in [2.24, 2.45) is 0 Å². The second kappa shape index (κ2) is 7.48. The molecule has 8 heteroatoms. The van der Waals surface area contributed by atoms with Gasteiger partial charge in [-0.1, -0.05) is 47.3 Å². The van der Waals surface area contributed by atoms with Crippen LogP contribution in [0.2, 0.25) is 0 Å². The van der Waals surface area contributed by atoms with Crippen LogP contribution in [0.5, 0.6) is 0 Å². The van der Waals surface area contributed by atoms with Crippen molar-refractivity contribution in [2.75, 3.05) is 0 Å². The first-order chi connectivity index (χ1) is 14.3. The van der Waals surface area contributed by atoms with Crippen molar-refractivity contribution in [1.82, 2.24) is 24.9 Å². The predicted octanol–water partition coefficient (Wildman–Crippen LogP) is 4.90. The first-order valence-corrected chi connectivity index (χ1v) is 9.85. The molecule has 5 aromatic rings. The van der Waals surface area contributed by atoms with Gasteiger partial charge in [-0.2, -0.15) is 5.10 Å². The predicted molar refractivity (Wildman–Crippen MR) is 108 cm³/mol. The molecule has 0 aliphatic heterocycles. The van der Waals surface area contributed by atoms with Crippen LogP contribution < -0.4 is 0 Å². The molecule has 0 N–H and O–H groups in total. The van der Waals surface area contributed by atoms with Gasteiger partial charge in [0, 0.05) is 17.4 Å². The van der Waals surface area contributed by atoms with Gasteiger partial charge in [-0.25, -0.2) is 19.0 Å². The van der Waals surface area contributed by atoms with Crippen LogP contribution in [0.4, 0.5) is 4.39 Å². The van der Waals surface area contributed by atoms with E-state index in [9.17, 15) is 4.39 Å². The van der Waals surface area contributed by atoms with Crippen molar-refractivity contribution in [3.63, 3.8) is 0 Å². The minimum atomic E-state index is -0.293. The van der Waals surface area contributed by atoms with E-state index in [1.807, 2.05) is 36.4 Å². The molecule has 0 radical (unpaired) electrons. The first kappa shape index (κ1) is 17.6. The third-order valence-electron chi connectivity index (χ3n) is 4.37. The molecular formula is C21H14FN5OS. The normalized spacial score (nSPS) is 11.2. The number of aromatic nitrogens is 5. The molecule has 0 aliphatic rings. The Balaban J connectivity index is 1.39. The lowest BCUT2D eigenvalue weighted by atomic mass is 10.2. The maximum atomic E-state index is 13.2. The fourth-order valence-corrected chi connectivity index (χ4v) is 3.81. The molecule has 0 bridgehead atoms. The van der Waals surface area contributed by atoms with Crippen LogP contribution in [0.3, 0.4) is 0 Å². The van der Waals surface area contributed by atoms with Crippen molar-refractivity contribution in [3.8, 4) is 17.0 Å². The molecular weight excluding hydrogens is 389 g/mol. The van der Waals surface area contributed by atoms with Gasteiger partial charge in [0.1, 0.15) is 17.2 Å². The fraction of sp³-hybridized carbons (Fsp3) is 0.0476. The monoisotopic (exact) mass is 403 g/mol. The lowest BCUT2D eigenvalue weighted by Gasteiger charge is -2.03. The largest absolute Gasteiger partial charge is 0.356 e. The summed E-state index contributed by atoms with van der Waals surface area (Å²) in [4.78, 5) is 8.74. The van der Waals surface area contributed by atoms with E-state index in [1.54, 1.807) is 23.0 Å². The van der Waals surface area contributed by atoms with Crippen LogP contribution in [0, 0.1) is 5.82 Å². The Hall–Kier alpha value is -3.52. The second-order valence-corrected chi connectivity index (χ2v) is 7.25. The summed E-state index contributed by atoms with van der Waals surface area (Å²) in [5.41, 5.74) is 3.21. The average Bonchev–Trinajstić information content (AvgIpc) is 3.41. The van der Waals surface area contributed by atoms with E-state index >= 15 is 0 Å². The van der Waals surface area contributed by atoms with Crippen LogP contribution in [0.25, 0.3) is 28.0 Å². The number of hydrogen-bond acceptors (Lipinski definition) is 6. The maximum Gasteiger partial charge on any atom is 0.167 e. The van der Waals surface area contributed by atoms with Gasteiger partial charge in [0.15, 0.2) is 11.4 Å². The van der Waals surface area contributed by atoms with E-state index in [1.165, 1.54) is 30.2 Å². The molecule has 0 spiro atoms. The number of fused-ring (bicyclic) bond motifs is 1. The smallest absolute Gasteiger partial charge is 0.167 e. The Kier molecular flexibility index (Phi) is 4.53. The van der Waals surface area contributed by atoms with Gasteiger partial charge in [-0.05, 0) is 24.3 Å². The minimum absolute atomic E-state index is 0.293.